The summed E-state index contributed by atoms with van der Waals surface area (Å²) in [5.74, 6) is 0.840. The van der Waals surface area contributed by atoms with Crippen molar-refractivity contribution in [3.63, 3.8) is 0 Å². The summed E-state index contributed by atoms with van der Waals surface area (Å²) in [5, 5.41) is 4.90. The summed E-state index contributed by atoms with van der Waals surface area (Å²) < 4.78 is 13.1. The normalized spacial score (nSPS) is 17.9. The molecule has 0 heterocycles. The van der Waals surface area contributed by atoms with Gasteiger partial charge in [-0.25, -0.2) is 4.39 Å². The highest BCUT2D eigenvalue weighted by Gasteiger charge is 2.17. The van der Waals surface area contributed by atoms with E-state index in [0.717, 1.165) is 29.5 Å². The molecular formula is C17H25ClFNS. The van der Waals surface area contributed by atoms with Gasteiger partial charge in [0.1, 0.15) is 5.82 Å². The predicted molar refractivity (Wildman–Crippen MR) is 91.9 cm³/mol. The van der Waals surface area contributed by atoms with Gasteiger partial charge in [0.15, 0.2) is 0 Å². The third-order valence-corrected chi connectivity index (χ3v) is 5.95. The molecule has 1 aromatic rings. The van der Waals surface area contributed by atoms with Gasteiger partial charge in [0.25, 0.3) is 0 Å². The molecule has 1 aromatic carbocycles. The Balaban J connectivity index is 1.88. The fourth-order valence-electron chi connectivity index (χ4n) is 2.92. The smallest absolute Gasteiger partial charge is 0.124 e. The molecule has 0 aromatic heterocycles. The van der Waals surface area contributed by atoms with Crippen LogP contribution in [0.15, 0.2) is 18.2 Å². The van der Waals surface area contributed by atoms with E-state index in [2.05, 4.69) is 24.0 Å². The summed E-state index contributed by atoms with van der Waals surface area (Å²) >= 11 is 8.24. The highest BCUT2D eigenvalue weighted by Crippen LogP contribution is 2.29. The lowest BCUT2D eigenvalue weighted by molar-refractivity contribution is 0.513. The molecule has 1 nitrogen and oxygen atoms in total. The second kappa shape index (κ2) is 9.02. The van der Waals surface area contributed by atoms with Crippen LogP contribution in [0.2, 0.25) is 5.02 Å². The first-order chi connectivity index (χ1) is 10.2. The van der Waals surface area contributed by atoms with Crippen LogP contribution in [0.5, 0.6) is 0 Å². The van der Waals surface area contributed by atoms with E-state index in [4.69, 9.17) is 11.6 Å². The molecule has 0 amide bonds. The molecule has 0 bridgehead atoms. The first-order valence-electron chi connectivity index (χ1n) is 7.98. The van der Waals surface area contributed by atoms with E-state index >= 15 is 0 Å². The maximum Gasteiger partial charge on any atom is 0.124 e. The van der Waals surface area contributed by atoms with Gasteiger partial charge in [-0.05, 0) is 43.5 Å². The average molecular weight is 330 g/mol. The zero-order chi connectivity index (χ0) is 15.1. The van der Waals surface area contributed by atoms with E-state index < -0.39 is 0 Å². The summed E-state index contributed by atoms with van der Waals surface area (Å²) in [4.78, 5) is 0. The van der Waals surface area contributed by atoms with E-state index in [9.17, 15) is 4.39 Å². The highest BCUT2D eigenvalue weighted by molar-refractivity contribution is 7.99. The molecule has 1 aliphatic rings. The molecule has 0 radical (unpaired) electrons. The molecule has 0 spiro atoms. The minimum absolute atomic E-state index is 0.264. The topological polar surface area (TPSA) is 12.0 Å². The van der Waals surface area contributed by atoms with E-state index in [1.165, 1.54) is 44.2 Å². The van der Waals surface area contributed by atoms with Crippen molar-refractivity contribution in [3.8, 4) is 0 Å². The van der Waals surface area contributed by atoms with Crippen LogP contribution in [0.25, 0.3) is 0 Å². The zero-order valence-electron chi connectivity index (χ0n) is 12.7. The fourth-order valence-corrected chi connectivity index (χ4v) is 4.57. The Bertz CT molecular complexity index is 435. The maximum absolute atomic E-state index is 13.1. The molecule has 1 N–H and O–H groups in total. The van der Waals surface area contributed by atoms with Crippen molar-refractivity contribution < 1.29 is 4.39 Å². The standard InChI is InChI=1S/C17H25ClFNS/c1-2-20-15(12-21-16-6-4-3-5-7-16)10-13-8-9-14(19)11-17(13)18/h8-9,11,15-16,20H,2-7,10,12H2,1H3. The van der Waals surface area contributed by atoms with E-state index in [1.807, 2.05) is 6.07 Å². The summed E-state index contributed by atoms with van der Waals surface area (Å²) in [6, 6.07) is 5.13. The van der Waals surface area contributed by atoms with Crippen molar-refractivity contribution in [1.82, 2.24) is 5.32 Å². The van der Waals surface area contributed by atoms with Crippen molar-refractivity contribution in [2.24, 2.45) is 0 Å². The van der Waals surface area contributed by atoms with Crippen molar-refractivity contribution in [2.45, 2.75) is 56.7 Å². The van der Waals surface area contributed by atoms with Crippen LogP contribution in [0, 0.1) is 5.82 Å². The lowest BCUT2D eigenvalue weighted by Gasteiger charge is -2.24. The van der Waals surface area contributed by atoms with Gasteiger partial charge in [-0.3, -0.25) is 0 Å². The third-order valence-electron chi connectivity index (χ3n) is 4.06. The Morgan fingerprint density at radius 1 is 1.33 bits per heavy atom. The van der Waals surface area contributed by atoms with Gasteiger partial charge in [-0.1, -0.05) is 43.9 Å². The summed E-state index contributed by atoms with van der Waals surface area (Å²) in [6.07, 6.45) is 7.76. The Hall–Kier alpha value is -0.250. The van der Waals surface area contributed by atoms with Crippen LogP contribution in [-0.4, -0.2) is 23.6 Å². The first-order valence-corrected chi connectivity index (χ1v) is 9.40. The number of rotatable bonds is 7. The number of hydrogen-bond acceptors (Lipinski definition) is 2. The van der Waals surface area contributed by atoms with Crippen LogP contribution in [0.4, 0.5) is 4.39 Å². The largest absolute Gasteiger partial charge is 0.313 e. The minimum atomic E-state index is -0.264. The molecule has 1 fully saturated rings. The average Bonchev–Trinajstić information content (AvgIpc) is 2.49. The van der Waals surface area contributed by atoms with Crippen molar-refractivity contribution in [2.75, 3.05) is 12.3 Å². The number of likely N-dealkylation sites (N-methyl/N-ethyl adjacent to an activating group) is 1. The molecule has 0 aliphatic heterocycles. The fraction of sp³-hybridized carbons (Fsp3) is 0.647. The third kappa shape index (κ3) is 5.80. The predicted octanol–water partition coefficient (Wildman–Crippen LogP) is 5.07. The van der Waals surface area contributed by atoms with Crippen molar-refractivity contribution in [3.05, 3.63) is 34.6 Å². The van der Waals surface area contributed by atoms with Crippen LogP contribution in [0.1, 0.15) is 44.6 Å². The molecule has 1 atom stereocenters. The summed E-state index contributed by atoms with van der Waals surface area (Å²) in [5.41, 5.74) is 1.04. The summed E-state index contributed by atoms with van der Waals surface area (Å²) in [6.45, 7) is 3.08. The monoisotopic (exact) mass is 329 g/mol. The molecular weight excluding hydrogens is 305 g/mol. The Morgan fingerprint density at radius 2 is 2.10 bits per heavy atom. The SMILES string of the molecule is CCNC(CSC1CCCCC1)Cc1ccc(F)cc1Cl. The van der Waals surface area contributed by atoms with Crippen LogP contribution >= 0.6 is 23.4 Å². The Labute approximate surface area is 137 Å². The first kappa shape index (κ1) is 17.1. The van der Waals surface area contributed by atoms with Crippen LogP contribution < -0.4 is 5.32 Å². The molecule has 4 heteroatoms. The molecule has 1 aliphatic carbocycles. The highest BCUT2D eigenvalue weighted by atomic mass is 35.5. The van der Waals surface area contributed by atoms with Crippen molar-refractivity contribution >= 4 is 23.4 Å². The molecule has 1 unspecified atom stereocenters. The summed E-state index contributed by atoms with van der Waals surface area (Å²) in [7, 11) is 0. The molecule has 0 saturated heterocycles. The van der Waals surface area contributed by atoms with Crippen molar-refractivity contribution in [1.29, 1.82) is 0 Å². The lowest BCUT2D eigenvalue weighted by atomic mass is 10.0. The van der Waals surface area contributed by atoms with Gasteiger partial charge in [-0.2, -0.15) is 11.8 Å². The Kier molecular flexibility index (Phi) is 7.35. The van der Waals surface area contributed by atoms with Gasteiger partial charge < -0.3 is 5.32 Å². The number of benzene rings is 1. The molecule has 2 rings (SSSR count). The minimum Gasteiger partial charge on any atom is -0.313 e. The lowest BCUT2D eigenvalue weighted by Crippen LogP contribution is -2.34. The second-order valence-electron chi connectivity index (χ2n) is 5.79. The molecule has 118 valence electrons. The van der Waals surface area contributed by atoms with E-state index in [-0.39, 0.29) is 5.82 Å². The van der Waals surface area contributed by atoms with Gasteiger partial charge in [0.2, 0.25) is 0 Å². The molecule has 1 saturated carbocycles. The van der Waals surface area contributed by atoms with Gasteiger partial charge >= 0.3 is 0 Å². The number of halogens is 2. The van der Waals surface area contributed by atoms with Gasteiger partial charge in [0, 0.05) is 22.1 Å². The number of thioether (sulfide) groups is 1. The van der Waals surface area contributed by atoms with Crippen LogP contribution in [-0.2, 0) is 6.42 Å². The van der Waals surface area contributed by atoms with Gasteiger partial charge in [-0.15, -0.1) is 0 Å². The second-order valence-corrected chi connectivity index (χ2v) is 7.53. The van der Waals surface area contributed by atoms with Crippen LogP contribution in [0.3, 0.4) is 0 Å². The van der Waals surface area contributed by atoms with Gasteiger partial charge in [0.05, 0.1) is 0 Å². The zero-order valence-corrected chi connectivity index (χ0v) is 14.3. The number of hydrogen-bond donors (Lipinski definition) is 1. The maximum atomic E-state index is 13.1. The molecule has 21 heavy (non-hydrogen) atoms. The number of nitrogens with one attached hydrogen (secondary N) is 1. The van der Waals surface area contributed by atoms with E-state index in [0.29, 0.717) is 11.1 Å². The quantitative estimate of drug-likeness (QED) is 0.750. The Morgan fingerprint density at radius 3 is 2.76 bits per heavy atom. The van der Waals surface area contributed by atoms with E-state index in [1.54, 1.807) is 0 Å².